The minimum absolute atomic E-state index is 0.445. The molecule has 2 unspecified atom stereocenters. The van der Waals surface area contributed by atoms with Crippen molar-refractivity contribution in [2.45, 2.75) is 51.7 Å². The van der Waals surface area contributed by atoms with Gasteiger partial charge >= 0.3 is 5.97 Å². The Balaban J connectivity index is 2.14. The van der Waals surface area contributed by atoms with Crippen molar-refractivity contribution in [3.05, 3.63) is 65.2 Å². The maximum atomic E-state index is 11.6. The third kappa shape index (κ3) is 5.61. The fraction of sp³-hybridized carbons (Fsp3) is 0.381. The number of carboxylic acid groups (broad SMARTS) is 1. The van der Waals surface area contributed by atoms with Crippen LogP contribution < -0.4 is 4.74 Å². The van der Waals surface area contributed by atoms with Crippen LogP contribution in [0.25, 0.3) is 0 Å². The molecule has 4 heteroatoms. The van der Waals surface area contributed by atoms with Crippen molar-refractivity contribution in [2.75, 3.05) is 0 Å². The number of carbonyl (C=O) groups is 1. The van der Waals surface area contributed by atoms with Crippen LogP contribution in [0.4, 0.5) is 0 Å². The first-order valence-electron chi connectivity index (χ1n) is 8.75. The molecule has 134 valence electrons. The Hall–Kier alpha value is -2.33. The predicted octanol–water partition coefficient (Wildman–Crippen LogP) is 4.81. The average molecular weight is 342 g/mol. The summed E-state index contributed by atoms with van der Waals surface area (Å²) in [4.78, 5) is 11.6. The average Bonchev–Trinajstić information content (AvgIpc) is 2.60. The van der Waals surface area contributed by atoms with Crippen molar-refractivity contribution in [3.63, 3.8) is 0 Å². The molecule has 0 bridgehead atoms. The van der Waals surface area contributed by atoms with Gasteiger partial charge in [0.1, 0.15) is 5.75 Å². The molecule has 0 amide bonds. The summed E-state index contributed by atoms with van der Waals surface area (Å²) in [6.07, 6.45) is 2.21. The molecule has 0 saturated heterocycles. The summed E-state index contributed by atoms with van der Waals surface area (Å²) in [5, 5.41) is 19.8. The van der Waals surface area contributed by atoms with Gasteiger partial charge < -0.3 is 14.9 Å². The van der Waals surface area contributed by atoms with Crippen molar-refractivity contribution < 1.29 is 19.7 Å². The second-order valence-electron chi connectivity index (χ2n) is 6.33. The van der Waals surface area contributed by atoms with Crippen LogP contribution in [-0.2, 0) is 4.79 Å². The lowest BCUT2D eigenvalue weighted by Gasteiger charge is -2.18. The number of hydrogen-bond donors (Lipinski definition) is 2. The highest BCUT2D eigenvalue weighted by Gasteiger charge is 2.22. The van der Waals surface area contributed by atoms with E-state index in [1.807, 2.05) is 31.2 Å². The molecule has 25 heavy (non-hydrogen) atoms. The van der Waals surface area contributed by atoms with Crippen LogP contribution >= 0.6 is 0 Å². The molecular formula is C21H26O4. The Bertz CT molecular complexity index is 696. The number of rotatable bonds is 9. The largest absolute Gasteiger partial charge is 0.478 e. The highest BCUT2D eigenvalue weighted by atomic mass is 16.5. The van der Waals surface area contributed by atoms with Gasteiger partial charge in [0.15, 0.2) is 0 Å². The molecule has 0 heterocycles. The Morgan fingerprint density at radius 2 is 1.80 bits per heavy atom. The lowest BCUT2D eigenvalue weighted by molar-refractivity contribution is -0.145. The lowest BCUT2D eigenvalue weighted by atomic mass is 10.0. The van der Waals surface area contributed by atoms with Gasteiger partial charge in [-0.3, -0.25) is 0 Å². The summed E-state index contributed by atoms with van der Waals surface area (Å²) in [5.41, 5.74) is 2.33. The Kier molecular flexibility index (Phi) is 7.02. The fourth-order valence-electron chi connectivity index (χ4n) is 2.78. The van der Waals surface area contributed by atoms with Gasteiger partial charge in [-0.15, -0.1) is 0 Å². The minimum Gasteiger partial charge on any atom is -0.478 e. The van der Waals surface area contributed by atoms with E-state index in [0.29, 0.717) is 17.7 Å². The monoisotopic (exact) mass is 342 g/mol. The minimum atomic E-state index is -1.08. The summed E-state index contributed by atoms with van der Waals surface area (Å²) in [7, 11) is 0. The van der Waals surface area contributed by atoms with Crippen LogP contribution in [0.3, 0.4) is 0 Å². The summed E-state index contributed by atoms with van der Waals surface area (Å²) in [6.45, 7) is 4.04. The molecule has 2 aromatic rings. The predicted molar refractivity (Wildman–Crippen MR) is 97.7 cm³/mol. The number of carboxylic acids is 1. The SMILES string of the molecule is CCCCCC(O)c1cccc(OC(C(=O)O)c2cccc(C)c2)c1. The van der Waals surface area contributed by atoms with E-state index in [1.165, 1.54) is 0 Å². The number of aliphatic hydroxyl groups excluding tert-OH is 1. The first-order chi connectivity index (χ1) is 12.0. The molecule has 0 spiro atoms. The summed E-state index contributed by atoms with van der Waals surface area (Å²) >= 11 is 0. The zero-order valence-corrected chi connectivity index (χ0v) is 14.8. The number of benzene rings is 2. The summed E-state index contributed by atoms with van der Waals surface area (Å²) < 4.78 is 5.72. The molecule has 0 saturated carbocycles. The number of aryl methyl sites for hydroxylation is 1. The van der Waals surface area contributed by atoms with Crippen LogP contribution in [0.5, 0.6) is 5.75 Å². The van der Waals surface area contributed by atoms with Crippen LogP contribution in [0.15, 0.2) is 48.5 Å². The molecule has 0 fully saturated rings. The fourth-order valence-corrected chi connectivity index (χ4v) is 2.78. The van der Waals surface area contributed by atoms with E-state index < -0.39 is 18.2 Å². The van der Waals surface area contributed by atoms with Gasteiger partial charge in [0.2, 0.25) is 6.10 Å². The number of ether oxygens (including phenoxy) is 1. The van der Waals surface area contributed by atoms with Gasteiger partial charge in [-0.25, -0.2) is 4.79 Å². The third-order valence-electron chi connectivity index (χ3n) is 4.15. The van der Waals surface area contributed by atoms with Crippen LogP contribution in [0, 0.1) is 6.92 Å². The molecule has 2 N–H and O–H groups in total. The zero-order valence-electron chi connectivity index (χ0n) is 14.8. The second-order valence-corrected chi connectivity index (χ2v) is 6.33. The van der Waals surface area contributed by atoms with Gasteiger partial charge in [0.25, 0.3) is 0 Å². The number of hydrogen-bond acceptors (Lipinski definition) is 3. The topological polar surface area (TPSA) is 66.8 Å². The van der Waals surface area contributed by atoms with E-state index in [1.54, 1.807) is 24.3 Å². The van der Waals surface area contributed by atoms with Gasteiger partial charge in [-0.2, -0.15) is 0 Å². The van der Waals surface area contributed by atoms with Gasteiger partial charge in [0, 0.05) is 5.56 Å². The van der Waals surface area contributed by atoms with E-state index >= 15 is 0 Å². The van der Waals surface area contributed by atoms with Crippen molar-refractivity contribution in [3.8, 4) is 5.75 Å². The van der Waals surface area contributed by atoms with Gasteiger partial charge in [0.05, 0.1) is 6.10 Å². The van der Waals surface area contributed by atoms with Crippen molar-refractivity contribution in [1.82, 2.24) is 0 Å². The molecule has 0 aliphatic rings. The first-order valence-corrected chi connectivity index (χ1v) is 8.75. The number of unbranched alkanes of at least 4 members (excludes halogenated alkanes) is 2. The van der Waals surface area contributed by atoms with Crippen molar-refractivity contribution in [2.24, 2.45) is 0 Å². The molecule has 0 aliphatic carbocycles. The molecule has 2 rings (SSSR count). The molecule has 2 atom stereocenters. The Labute approximate surface area is 149 Å². The maximum Gasteiger partial charge on any atom is 0.349 e. The molecule has 0 radical (unpaired) electrons. The van der Waals surface area contributed by atoms with E-state index in [-0.39, 0.29) is 0 Å². The first kappa shape index (κ1) is 19.0. The quantitative estimate of drug-likeness (QED) is 0.642. The van der Waals surface area contributed by atoms with Crippen LogP contribution in [-0.4, -0.2) is 16.2 Å². The number of aliphatic hydroxyl groups is 1. The molecular weight excluding hydrogens is 316 g/mol. The summed E-state index contributed by atoms with van der Waals surface area (Å²) in [5.74, 6) is -0.597. The van der Waals surface area contributed by atoms with Crippen molar-refractivity contribution >= 4 is 5.97 Å². The summed E-state index contributed by atoms with van der Waals surface area (Å²) in [6, 6.07) is 14.3. The van der Waals surface area contributed by atoms with Crippen LogP contribution in [0.2, 0.25) is 0 Å². The van der Waals surface area contributed by atoms with Crippen LogP contribution in [0.1, 0.15) is 61.5 Å². The molecule has 0 aliphatic heterocycles. The third-order valence-corrected chi connectivity index (χ3v) is 4.15. The standard InChI is InChI=1S/C21H26O4/c1-3-4-5-12-19(22)16-9-7-11-18(14-16)25-20(21(23)24)17-10-6-8-15(2)13-17/h6-11,13-14,19-20,22H,3-5,12H2,1-2H3,(H,23,24). The molecule has 2 aromatic carbocycles. The maximum absolute atomic E-state index is 11.6. The Morgan fingerprint density at radius 1 is 1.08 bits per heavy atom. The smallest absolute Gasteiger partial charge is 0.349 e. The second kappa shape index (κ2) is 9.23. The molecule has 4 nitrogen and oxygen atoms in total. The van der Waals surface area contributed by atoms with Gasteiger partial charge in [-0.1, -0.05) is 68.1 Å². The zero-order chi connectivity index (χ0) is 18.2. The highest BCUT2D eigenvalue weighted by Crippen LogP contribution is 2.27. The van der Waals surface area contributed by atoms with E-state index in [9.17, 15) is 15.0 Å². The van der Waals surface area contributed by atoms with Gasteiger partial charge in [-0.05, 0) is 31.0 Å². The van der Waals surface area contributed by atoms with E-state index in [4.69, 9.17) is 4.74 Å². The van der Waals surface area contributed by atoms with Crippen molar-refractivity contribution in [1.29, 1.82) is 0 Å². The van der Waals surface area contributed by atoms with E-state index in [2.05, 4.69) is 6.92 Å². The Morgan fingerprint density at radius 3 is 2.48 bits per heavy atom. The normalized spacial score (nSPS) is 13.2. The molecule has 0 aromatic heterocycles. The lowest BCUT2D eigenvalue weighted by Crippen LogP contribution is -2.18. The highest BCUT2D eigenvalue weighted by molar-refractivity contribution is 5.75. The van der Waals surface area contributed by atoms with E-state index in [0.717, 1.165) is 30.4 Å². The number of aliphatic carboxylic acids is 1.